The Kier molecular flexibility index (Phi) is 5.35. The normalized spacial score (nSPS) is 24.8. The third-order valence-corrected chi connectivity index (χ3v) is 3.70. The monoisotopic (exact) mass is 248 g/mol. The molecule has 1 saturated carbocycles. The Balaban J connectivity index is 0.000000203. The molecule has 18 heavy (non-hydrogen) atoms. The van der Waals surface area contributed by atoms with Gasteiger partial charge in [-0.2, -0.15) is 0 Å². The largest absolute Gasteiger partial charge is 0.346 e. The van der Waals surface area contributed by atoms with Crippen molar-refractivity contribution in [3.05, 3.63) is 35.9 Å². The summed E-state index contributed by atoms with van der Waals surface area (Å²) in [4.78, 5) is 11.6. The van der Waals surface area contributed by atoms with Crippen LogP contribution >= 0.6 is 0 Å². The van der Waals surface area contributed by atoms with Crippen molar-refractivity contribution < 1.29 is 4.79 Å². The molecule has 1 amide bonds. The van der Waals surface area contributed by atoms with E-state index in [-0.39, 0.29) is 5.41 Å². The molecule has 3 nitrogen and oxygen atoms in total. The summed E-state index contributed by atoms with van der Waals surface area (Å²) in [5.41, 5.74) is 7.49. The minimum Gasteiger partial charge on any atom is -0.346 e. The lowest BCUT2D eigenvalue weighted by atomic mass is 9.98. The molecule has 1 aromatic carbocycles. The number of benzene rings is 1. The van der Waals surface area contributed by atoms with Crippen molar-refractivity contribution in [1.29, 1.82) is 0 Å². The Morgan fingerprint density at radius 1 is 1.33 bits per heavy atom. The first-order chi connectivity index (χ1) is 8.58. The van der Waals surface area contributed by atoms with E-state index in [1.807, 2.05) is 19.9 Å². The van der Waals surface area contributed by atoms with Gasteiger partial charge in [-0.25, -0.2) is 0 Å². The highest BCUT2D eigenvalue weighted by atomic mass is 16.1. The first kappa shape index (κ1) is 14.7. The molecule has 1 fully saturated rings. The topological polar surface area (TPSA) is 46.3 Å². The molecule has 0 aliphatic heterocycles. The molecular formula is C15H24N2O. The van der Waals surface area contributed by atoms with Crippen molar-refractivity contribution in [1.82, 2.24) is 4.90 Å². The van der Waals surface area contributed by atoms with Gasteiger partial charge in [0.05, 0.1) is 0 Å². The van der Waals surface area contributed by atoms with Gasteiger partial charge in [0.25, 0.3) is 0 Å². The molecule has 2 unspecified atom stereocenters. The van der Waals surface area contributed by atoms with Crippen molar-refractivity contribution in [3.63, 3.8) is 0 Å². The number of amides is 1. The molecule has 1 aromatic rings. The maximum atomic E-state index is 9.89. The van der Waals surface area contributed by atoms with Crippen LogP contribution in [0.2, 0.25) is 0 Å². The Labute approximate surface area is 110 Å². The molecule has 2 N–H and O–H groups in total. The average Bonchev–Trinajstić information content (AvgIpc) is 3.03. The Hall–Kier alpha value is -1.35. The molecule has 0 radical (unpaired) electrons. The van der Waals surface area contributed by atoms with Crippen molar-refractivity contribution in [2.75, 3.05) is 13.1 Å². The van der Waals surface area contributed by atoms with Crippen LogP contribution in [0.3, 0.4) is 0 Å². The van der Waals surface area contributed by atoms with Crippen LogP contribution in [-0.4, -0.2) is 30.4 Å². The third-order valence-electron chi connectivity index (χ3n) is 3.70. The van der Waals surface area contributed by atoms with Crippen molar-refractivity contribution in [3.8, 4) is 0 Å². The van der Waals surface area contributed by atoms with Crippen LogP contribution in [0.25, 0.3) is 0 Å². The second-order valence-electron chi connectivity index (χ2n) is 4.92. The summed E-state index contributed by atoms with van der Waals surface area (Å²) in [5.74, 6) is 0. The van der Waals surface area contributed by atoms with Gasteiger partial charge in [-0.3, -0.25) is 4.79 Å². The van der Waals surface area contributed by atoms with E-state index in [2.05, 4.69) is 31.2 Å². The highest BCUT2D eigenvalue weighted by Crippen LogP contribution is 2.46. The lowest BCUT2D eigenvalue weighted by Crippen LogP contribution is -2.19. The fourth-order valence-electron chi connectivity index (χ4n) is 1.92. The Morgan fingerprint density at radius 3 is 2.11 bits per heavy atom. The summed E-state index contributed by atoms with van der Waals surface area (Å²) >= 11 is 0. The molecule has 0 saturated heterocycles. The van der Waals surface area contributed by atoms with Crippen LogP contribution in [0.15, 0.2) is 30.3 Å². The minimum atomic E-state index is 0.279. The van der Waals surface area contributed by atoms with Crippen LogP contribution in [0, 0.1) is 0 Å². The standard InChI is InChI=1S/C10H13N.C5H11NO/c1-10(7-9(10)11)8-5-3-2-4-6-8;1-3-6(4-2)5-7/h2-6,9H,7,11H2,1H3;5H,3-4H2,1-2H3. The molecule has 0 bridgehead atoms. The summed E-state index contributed by atoms with van der Waals surface area (Å²) in [5, 5.41) is 0. The summed E-state index contributed by atoms with van der Waals surface area (Å²) in [6.07, 6.45) is 2.00. The number of carbonyl (C=O) groups is 1. The minimum absolute atomic E-state index is 0.279. The Bertz CT molecular complexity index is 362. The highest BCUT2D eigenvalue weighted by Gasteiger charge is 2.48. The zero-order chi connectivity index (χ0) is 13.6. The first-order valence-corrected chi connectivity index (χ1v) is 6.59. The van der Waals surface area contributed by atoms with E-state index in [9.17, 15) is 4.79 Å². The van der Waals surface area contributed by atoms with Crippen molar-refractivity contribution in [2.45, 2.75) is 38.6 Å². The number of nitrogens with zero attached hydrogens (tertiary/aromatic N) is 1. The zero-order valence-corrected chi connectivity index (χ0v) is 11.6. The molecule has 1 aliphatic rings. The van der Waals surface area contributed by atoms with E-state index in [0.717, 1.165) is 25.9 Å². The smallest absolute Gasteiger partial charge is 0.209 e. The molecular weight excluding hydrogens is 224 g/mol. The van der Waals surface area contributed by atoms with Gasteiger partial charge in [0.15, 0.2) is 0 Å². The summed E-state index contributed by atoms with van der Waals surface area (Å²) < 4.78 is 0. The molecule has 2 rings (SSSR count). The molecule has 0 heterocycles. The van der Waals surface area contributed by atoms with Crippen molar-refractivity contribution in [2.24, 2.45) is 5.73 Å². The molecule has 100 valence electrons. The van der Waals surface area contributed by atoms with E-state index >= 15 is 0 Å². The van der Waals surface area contributed by atoms with Gasteiger partial charge in [-0.1, -0.05) is 37.3 Å². The van der Waals surface area contributed by atoms with Crippen LogP contribution in [0.5, 0.6) is 0 Å². The fraction of sp³-hybridized carbons (Fsp3) is 0.533. The molecule has 3 heteroatoms. The predicted molar refractivity (Wildman–Crippen MR) is 75.4 cm³/mol. The van der Waals surface area contributed by atoms with Gasteiger partial charge in [-0.15, -0.1) is 0 Å². The first-order valence-electron chi connectivity index (χ1n) is 6.59. The second kappa shape index (κ2) is 6.55. The molecule has 0 aromatic heterocycles. The summed E-state index contributed by atoms with van der Waals surface area (Å²) in [6, 6.07) is 10.9. The van der Waals surface area contributed by atoms with Gasteiger partial charge < -0.3 is 10.6 Å². The lowest BCUT2D eigenvalue weighted by Gasteiger charge is -2.08. The van der Waals surface area contributed by atoms with Crippen LogP contribution < -0.4 is 5.73 Å². The maximum Gasteiger partial charge on any atom is 0.209 e. The van der Waals surface area contributed by atoms with E-state index in [4.69, 9.17) is 5.73 Å². The maximum absolute atomic E-state index is 9.89. The fourth-order valence-corrected chi connectivity index (χ4v) is 1.92. The van der Waals surface area contributed by atoms with E-state index in [0.29, 0.717) is 6.04 Å². The van der Waals surface area contributed by atoms with Gasteiger partial charge in [0.2, 0.25) is 6.41 Å². The average molecular weight is 248 g/mol. The van der Waals surface area contributed by atoms with Crippen molar-refractivity contribution >= 4 is 6.41 Å². The van der Waals surface area contributed by atoms with Gasteiger partial charge in [-0.05, 0) is 25.8 Å². The second-order valence-corrected chi connectivity index (χ2v) is 4.92. The summed E-state index contributed by atoms with van der Waals surface area (Å²) in [7, 11) is 0. The van der Waals surface area contributed by atoms with E-state index in [1.54, 1.807) is 4.90 Å². The van der Waals surface area contributed by atoms with Crippen LogP contribution in [0.1, 0.15) is 32.8 Å². The molecule has 1 aliphatic carbocycles. The molecule has 2 atom stereocenters. The van der Waals surface area contributed by atoms with E-state index < -0.39 is 0 Å². The number of hydrogen-bond donors (Lipinski definition) is 1. The Morgan fingerprint density at radius 2 is 1.83 bits per heavy atom. The van der Waals surface area contributed by atoms with Gasteiger partial charge in [0.1, 0.15) is 0 Å². The number of nitrogens with two attached hydrogens (primary N) is 1. The third kappa shape index (κ3) is 3.57. The van der Waals surface area contributed by atoms with Gasteiger partial charge in [0, 0.05) is 24.5 Å². The SMILES string of the molecule is CC1(c2ccccc2)CC1N.CCN(C=O)CC. The van der Waals surface area contributed by atoms with Crippen LogP contribution in [-0.2, 0) is 10.2 Å². The lowest BCUT2D eigenvalue weighted by molar-refractivity contribution is -0.117. The summed E-state index contributed by atoms with van der Waals surface area (Å²) in [6.45, 7) is 7.78. The highest BCUT2D eigenvalue weighted by molar-refractivity contribution is 5.46. The number of carbonyl (C=O) groups excluding carboxylic acids is 1. The van der Waals surface area contributed by atoms with E-state index in [1.165, 1.54) is 5.56 Å². The van der Waals surface area contributed by atoms with Gasteiger partial charge >= 0.3 is 0 Å². The molecule has 0 spiro atoms. The number of hydrogen-bond acceptors (Lipinski definition) is 2. The van der Waals surface area contributed by atoms with Crippen LogP contribution in [0.4, 0.5) is 0 Å². The quantitative estimate of drug-likeness (QED) is 0.830. The predicted octanol–water partition coefficient (Wildman–Crippen LogP) is 2.16. The zero-order valence-electron chi connectivity index (χ0n) is 11.6. The number of rotatable bonds is 4.